The van der Waals surface area contributed by atoms with Crippen LogP contribution in [0.25, 0.3) is 0 Å². The maximum Gasteiger partial charge on any atom is 0.339 e. The molecule has 9 nitrogen and oxygen atoms in total. The second-order valence-corrected chi connectivity index (χ2v) is 7.95. The van der Waals surface area contributed by atoms with Gasteiger partial charge in [-0.15, -0.1) is 0 Å². The van der Waals surface area contributed by atoms with Gasteiger partial charge in [0.2, 0.25) is 6.61 Å². The highest BCUT2D eigenvalue weighted by Crippen LogP contribution is 2.62. The molecule has 1 saturated heterocycles. The molecule has 1 spiro atoms. The van der Waals surface area contributed by atoms with E-state index >= 15 is 0 Å². The molecule has 5 rings (SSSR count). The number of nitrogens with one attached hydrogen (secondary N) is 1. The number of phenols is 1. The molecule has 6 atom stereocenters. The molecule has 2 aliphatic heterocycles. The molecule has 0 radical (unpaired) electrons. The molecule has 9 heteroatoms. The number of quaternary nitrogens is 1. The zero-order valence-electron chi connectivity index (χ0n) is 15.3. The van der Waals surface area contributed by atoms with Gasteiger partial charge in [-0.25, -0.2) is 4.79 Å². The number of carbonyl (C=O) groups is 1. The largest absolute Gasteiger partial charge is 0.566 e. The van der Waals surface area contributed by atoms with Gasteiger partial charge in [0.25, 0.3) is 0 Å². The molecule has 28 heavy (non-hydrogen) atoms. The van der Waals surface area contributed by atoms with Crippen LogP contribution in [-0.4, -0.2) is 59.6 Å². The van der Waals surface area contributed by atoms with E-state index in [0.717, 1.165) is 30.5 Å². The molecule has 1 aromatic rings. The summed E-state index contributed by atoms with van der Waals surface area (Å²) in [6.45, 7) is 0.212. The van der Waals surface area contributed by atoms with Crippen molar-refractivity contribution >= 4 is 5.97 Å². The first-order valence-corrected chi connectivity index (χ1v) is 9.37. The number of ether oxygens (including phenoxy) is 2. The Morgan fingerprint density at radius 2 is 2.29 bits per heavy atom. The van der Waals surface area contributed by atoms with Crippen molar-refractivity contribution in [2.75, 3.05) is 20.2 Å². The zero-order valence-corrected chi connectivity index (χ0v) is 15.3. The van der Waals surface area contributed by atoms with Gasteiger partial charge in [0.15, 0.2) is 17.6 Å². The van der Waals surface area contributed by atoms with Gasteiger partial charge in [-0.1, -0.05) is 17.5 Å². The number of benzene rings is 1. The van der Waals surface area contributed by atoms with Crippen molar-refractivity contribution in [3.63, 3.8) is 0 Å². The van der Waals surface area contributed by atoms with E-state index in [-0.39, 0.29) is 17.1 Å². The molecule has 2 heterocycles. The lowest BCUT2D eigenvalue weighted by Crippen LogP contribution is -3.03. The van der Waals surface area contributed by atoms with Gasteiger partial charge in [-0.05, 0) is 44.1 Å². The van der Waals surface area contributed by atoms with Crippen LogP contribution in [0, 0.1) is 11.1 Å². The Kier molecular flexibility index (Phi) is 3.94. The molecular formula is C19H22N2O7. The molecule has 150 valence electrons. The Bertz CT molecular complexity index is 857. The summed E-state index contributed by atoms with van der Waals surface area (Å²) in [5, 5.41) is 28.0. The lowest BCUT2D eigenvalue weighted by Gasteiger charge is -2.56. The number of hydrogen-bond donors (Lipinski definition) is 3. The van der Waals surface area contributed by atoms with Crippen LogP contribution >= 0.6 is 0 Å². The predicted octanol–water partition coefficient (Wildman–Crippen LogP) is -0.547. The molecule has 4 aliphatic rings. The summed E-state index contributed by atoms with van der Waals surface area (Å²) in [5.74, 6) is 0.00758. The highest BCUT2D eigenvalue weighted by Gasteiger charge is 2.65. The third kappa shape index (κ3) is 2.34. The topological polar surface area (TPSA) is 116 Å². The summed E-state index contributed by atoms with van der Waals surface area (Å²) in [4.78, 5) is 18.7. The number of rotatable bonds is 4. The van der Waals surface area contributed by atoms with Gasteiger partial charge in [-0.3, -0.25) is 0 Å². The Balaban J connectivity index is 1.54. The molecule has 2 unspecified atom stereocenters. The van der Waals surface area contributed by atoms with Crippen LogP contribution in [-0.2, 0) is 26.2 Å². The molecule has 1 fully saturated rings. The predicted molar refractivity (Wildman–Crippen MR) is 93.5 cm³/mol. The average Bonchev–Trinajstić information content (AvgIpc) is 3.01. The Morgan fingerprint density at radius 3 is 3.07 bits per heavy atom. The van der Waals surface area contributed by atoms with E-state index in [1.54, 1.807) is 6.07 Å². The van der Waals surface area contributed by atoms with Gasteiger partial charge in [0.1, 0.15) is 6.10 Å². The summed E-state index contributed by atoms with van der Waals surface area (Å²) in [7, 11) is 2.12. The number of phenolic OH excluding ortho intramolecular Hbond substituents is 1. The summed E-state index contributed by atoms with van der Waals surface area (Å²) in [6.07, 6.45) is 4.48. The smallest absolute Gasteiger partial charge is 0.339 e. The van der Waals surface area contributed by atoms with Crippen LogP contribution < -0.4 is 10.1 Å². The first-order chi connectivity index (χ1) is 13.4. The number of likely N-dealkylation sites (N-methyl/N-ethyl adjacent to an activating group) is 1. The molecule has 1 aromatic carbocycles. The van der Waals surface area contributed by atoms with Crippen LogP contribution in [0.1, 0.15) is 17.5 Å². The highest BCUT2D eigenvalue weighted by atomic mass is 17.1. The van der Waals surface area contributed by atoms with E-state index < -0.39 is 30.2 Å². The van der Waals surface area contributed by atoms with Crippen LogP contribution in [0.2, 0.25) is 0 Å². The number of carbonyl (C=O) groups excluding carboxylic acids is 1. The fourth-order valence-electron chi connectivity index (χ4n) is 5.63. The first kappa shape index (κ1) is 17.9. The molecule has 2 bridgehead atoms. The minimum atomic E-state index is -1.53. The van der Waals surface area contributed by atoms with E-state index in [4.69, 9.17) is 14.7 Å². The van der Waals surface area contributed by atoms with Crippen molar-refractivity contribution in [2.24, 2.45) is 5.92 Å². The van der Waals surface area contributed by atoms with Crippen LogP contribution in [0.3, 0.4) is 0 Å². The van der Waals surface area contributed by atoms with Crippen molar-refractivity contribution in [3.05, 3.63) is 40.6 Å². The van der Waals surface area contributed by atoms with E-state index in [2.05, 4.69) is 22.9 Å². The monoisotopic (exact) mass is 390 g/mol. The lowest BCUT2D eigenvalue weighted by molar-refractivity contribution is -1.20. The van der Waals surface area contributed by atoms with E-state index in [1.165, 1.54) is 0 Å². The van der Waals surface area contributed by atoms with Gasteiger partial charge in [0, 0.05) is 22.9 Å². The number of aromatic hydroxyl groups is 1. The number of likely N-dealkylation sites (tertiary alicyclic amines) is 1. The van der Waals surface area contributed by atoms with E-state index in [0.29, 0.717) is 11.8 Å². The van der Waals surface area contributed by atoms with E-state index in [9.17, 15) is 15.1 Å². The fourth-order valence-corrected chi connectivity index (χ4v) is 5.63. The van der Waals surface area contributed by atoms with Crippen LogP contribution in [0.15, 0.2) is 24.3 Å². The fraction of sp³-hybridized carbons (Fsp3) is 0.526. The van der Waals surface area contributed by atoms with Crippen molar-refractivity contribution in [1.82, 2.24) is 4.90 Å². The maximum absolute atomic E-state index is 12.1. The highest BCUT2D eigenvalue weighted by molar-refractivity contribution is 5.71. The van der Waals surface area contributed by atoms with Crippen LogP contribution in [0.4, 0.5) is 0 Å². The van der Waals surface area contributed by atoms with Crippen LogP contribution in [0.5, 0.6) is 11.5 Å². The summed E-state index contributed by atoms with van der Waals surface area (Å²) >= 11 is 0. The normalized spacial score (nSPS) is 35.8. The first-order valence-electron chi connectivity index (χ1n) is 9.37. The third-order valence-electron chi connectivity index (χ3n) is 6.71. The van der Waals surface area contributed by atoms with Gasteiger partial charge in [-0.2, -0.15) is 10.0 Å². The zero-order chi connectivity index (χ0) is 19.6. The molecule has 2 aliphatic carbocycles. The lowest BCUT2D eigenvalue weighted by atomic mass is 9.53. The van der Waals surface area contributed by atoms with E-state index in [1.807, 2.05) is 12.1 Å². The molecule has 0 aromatic heterocycles. The number of hydrogen-bond acceptors (Lipinski definition) is 8. The van der Waals surface area contributed by atoms with Crippen molar-refractivity contribution in [3.8, 4) is 11.5 Å². The second-order valence-electron chi connectivity index (χ2n) is 7.95. The quantitative estimate of drug-likeness (QED) is 0.356. The number of esters is 1. The Morgan fingerprint density at radius 1 is 1.46 bits per heavy atom. The number of nitrogens with zero attached hydrogens (tertiary/aromatic N) is 1. The van der Waals surface area contributed by atoms with Gasteiger partial charge in [0.05, 0.1) is 0 Å². The van der Waals surface area contributed by atoms with Crippen molar-refractivity contribution in [2.45, 2.75) is 36.5 Å². The summed E-state index contributed by atoms with van der Waals surface area (Å²) < 4.78 is 11.7. The van der Waals surface area contributed by atoms with Crippen molar-refractivity contribution in [1.29, 1.82) is 0 Å². The molecule has 0 saturated carbocycles. The number of piperidine rings is 1. The Labute approximate surface area is 161 Å². The average molecular weight is 390 g/mol. The standard InChI is InChI=1S/C19H22N2O7/c1-20-7-6-19-11-3-5-14(27-15(23)9-26-21(24)25)18(19)28-17-13(22)4-2-10(16(17)19)8-12(11)20/h2-5,11-12,14,18,21-22,24H,6-9H2,1H3/t11?,12-,14+,18+,19+/m1/s1. The molecule has 0 amide bonds. The van der Waals surface area contributed by atoms with Crippen molar-refractivity contribution < 1.29 is 34.8 Å². The Hall–Kier alpha value is -2.17. The minimum Gasteiger partial charge on any atom is -0.566 e. The van der Waals surface area contributed by atoms with Gasteiger partial charge >= 0.3 is 5.97 Å². The summed E-state index contributed by atoms with van der Waals surface area (Å²) in [5.41, 5.74) is 1.84. The third-order valence-corrected chi connectivity index (χ3v) is 6.71. The SMILES string of the molecule is CN1CC[C@]23c4c5ccc(O)c4O[C@H]2[C@@H](OC(=O)CO[NH+]([O-])O)C=CC3[C@H]1C5. The molecule has 3 N–H and O–H groups in total. The summed E-state index contributed by atoms with van der Waals surface area (Å²) in [6, 6.07) is 3.93. The van der Waals surface area contributed by atoms with Gasteiger partial charge < -0.3 is 24.7 Å². The maximum atomic E-state index is 12.1. The molecular weight excluding hydrogens is 368 g/mol. The minimum absolute atomic E-state index is 0.0953. The second kappa shape index (κ2) is 6.16.